The average Bonchev–Trinajstić information content (AvgIpc) is 2.83. The van der Waals surface area contributed by atoms with Gasteiger partial charge in [-0.25, -0.2) is 13.4 Å². The van der Waals surface area contributed by atoms with Gasteiger partial charge in [-0.1, -0.05) is 12.1 Å². The molecule has 0 spiro atoms. The number of carbonyl (C=O) groups is 2. The highest BCUT2D eigenvalue weighted by Crippen LogP contribution is 2.36. The zero-order chi connectivity index (χ0) is 25.6. The van der Waals surface area contributed by atoms with Gasteiger partial charge in [0, 0.05) is 39.0 Å². The standard InChI is InChI=1S/C21H25N5O8S/c1-33-21(28)17(13-27)15-3-5-16(6-4-15)34-20-18(26(29)30)19(22-14-23-20)25-9-7-24(8-10-25)11-12-35(2,31)32/h3-6,13-14,17H,7-12H2,1-2H3. The van der Waals surface area contributed by atoms with Crippen LogP contribution in [0.2, 0.25) is 0 Å². The first-order valence-electron chi connectivity index (χ1n) is 10.6. The maximum Gasteiger partial charge on any atom is 0.373 e. The molecule has 1 atom stereocenters. The molecule has 1 aromatic heterocycles. The summed E-state index contributed by atoms with van der Waals surface area (Å²) in [7, 11) is -1.90. The van der Waals surface area contributed by atoms with E-state index in [1.54, 1.807) is 4.90 Å². The number of aldehydes is 1. The Morgan fingerprint density at radius 3 is 2.40 bits per heavy atom. The van der Waals surface area contributed by atoms with Crippen LogP contribution in [0.25, 0.3) is 0 Å². The monoisotopic (exact) mass is 507 g/mol. The molecule has 1 unspecified atom stereocenters. The summed E-state index contributed by atoms with van der Waals surface area (Å²) in [4.78, 5) is 46.0. The summed E-state index contributed by atoms with van der Waals surface area (Å²) in [5.74, 6) is -1.70. The summed E-state index contributed by atoms with van der Waals surface area (Å²) in [5, 5.41) is 11.9. The van der Waals surface area contributed by atoms with Crippen molar-refractivity contribution >= 4 is 33.6 Å². The molecule has 188 valence electrons. The predicted molar refractivity (Wildman–Crippen MR) is 124 cm³/mol. The molecule has 0 radical (unpaired) electrons. The smallest absolute Gasteiger partial charge is 0.373 e. The van der Waals surface area contributed by atoms with Gasteiger partial charge in [-0.05, 0) is 17.7 Å². The summed E-state index contributed by atoms with van der Waals surface area (Å²) in [6, 6.07) is 5.88. The molecule has 0 aliphatic carbocycles. The number of esters is 1. The summed E-state index contributed by atoms with van der Waals surface area (Å²) >= 11 is 0. The van der Waals surface area contributed by atoms with Gasteiger partial charge in [0.1, 0.15) is 34.1 Å². The number of hydrogen-bond acceptors (Lipinski definition) is 12. The third-order valence-corrected chi connectivity index (χ3v) is 6.37. The van der Waals surface area contributed by atoms with Gasteiger partial charge in [-0.3, -0.25) is 19.8 Å². The van der Waals surface area contributed by atoms with Crippen molar-refractivity contribution < 1.29 is 32.4 Å². The molecule has 0 bridgehead atoms. The van der Waals surface area contributed by atoms with Gasteiger partial charge in [0.25, 0.3) is 0 Å². The molecule has 3 rings (SSSR count). The second kappa shape index (κ2) is 11.2. The van der Waals surface area contributed by atoms with E-state index in [2.05, 4.69) is 14.7 Å². The Morgan fingerprint density at radius 2 is 1.86 bits per heavy atom. The van der Waals surface area contributed by atoms with Gasteiger partial charge in [-0.2, -0.15) is 4.98 Å². The molecule has 0 amide bonds. The van der Waals surface area contributed by atoms with Gasteiger partial charge in [-0.15, -0.1) is 0 Å². The van der Waals surface area contributed by atoms with Gasteiger partial charge in [0.2, 0.25) is 5.82 Å². The van der Waals surface area contributed by atoms with Crippen LogP contribution in [0.1, 0.15) is 11.5 Å². The highest BCUT2D eigenvalue weighted by molar-refractivity contribution is 7.90. The Kier molecular flexibility index (Phi) is 8.30. The number of anilines is 1. The van der Waals surface area contributed by atoms with Crippen molar-refractivity contribution in [2.75, 3.05) is 56.7 Å². The molecule has 2 heterocycles. The van der Waals surface area contributed by atoms with E-state index >= 15 is 0 Å². The maximum atomic E-state index is 11.9. The Hall–Kier alpha value is -3.65. The Labute approximate surface area is 201 Å². The number of nitrogens with zero attached hydrogens (tertiary/aromatic N) is 5. The third-order valence-electron chi connectivity index (χ3n) is 5.45. The molecule has 0 N–H and O–H groups in total. The van der Waals surface area contributed by atoms with E-state index in [4.69, 9.17) is 4.74 Å². The molecule has 13 nitrogen and oxygen atoms in total. The fourth-order valence-corrected chi connectivity index (χ4v) is 4.14. The summed E-state index contributed by atoms with van der Waals surface area (Å²) in [6.45, 7) is 2.26. The first-order chi connectivity index (χ1) is 16.6. The zero-order valence-corrected chi connectivity index (χ0v) is 20.0. The van der Waals surface area contributed by atoms with E-state index in [0.717, 1.165) is 0 Å². The highest BCUT2D eigenvalue weighted by Gasteiger charge is 2.31. The quantitative estimate of drug-likeness (QED) is 0.146. The number of methoxy groups -OCH3 is 1. The molecule has 1 aromatic carbocycles. The lowest BCUT2D eigenvalue weighted by molar-refractivity contribution is -0.385. The van der Waals surface area contributed by atoms with Crippen LogP contribution in [0, 0.1) is 10.1 Å². The number of aromatic nitrogens is 2. The lowest BCUT2D eigenvalue weighted by Gasteiger charge is -2.34. The number of rotatable bonds is 10. The minimum atomic E-state index is -3.08. The highest BCUT2D eigenvalue weighted by atomic mass is 32.2. The summed E-state index contributed by atoms with van der Waals surface area (Å²) < 4.78 is 33.1. The summed E-state index contributed by atoms with van der Waals surface area (Å²) in [5.41, 5.74) is -0.0210. The van der Waals surface area contributed by atoms with E-state index in [1.165, 1.54) is 44.0 Å². The molecule has 1 saturated heterocycles. The second-order valence-electron chi connectivity index (χ2n) is 7.87. The van der Waals surface area contributed by atoms with E-state index in [9.17, 15) is 28.1 Å². The van der Waals surface area contributed by atoms with Crippen molar-refractivity contribution in [3.05, 3.63) is 46.3 Å². The first-order valence-corrected chi connectivity index (χ1v) is 12.6. The zero-order valence-electron chi connectivity index (χ0n) is 19.2. The minimum Gasteiger partial charge on any atom is -0.468 e. The fourth-order valence-electron chi connectivity index (χ4n) is 3.55. The second-order valence-corrected chi connectivity index (χ2v) is 10.1. The molecule has 1 fully saturated rings. The van der Waals surface area contributed by atoms with E-state index < -0.39 is 32.3 Å². The number of ether oxygens (including phenoxy) is 2. The number of hydrogen-bond donors (Lipinski definition) is 0. The molecule has 14 heteroatoms. The van der Waals surface area contributed by atoms with Crippen molar-refractivity contribution in [1.29, 1.82) is 0 Å². The number of nitro groups is 1. The Balaban J connectivity index is 1.76. The minimum absolute atomic E-state index is 0.0463. The Morgan fingerprint density at radius 1 is 1.20 bits per heavy atom. The van der Waals surface area contributed by atoms with Crippen LogP contribution in [0.4, 0.5) is 11.5 Å². The first kappa shape index (κ1) is 26.0. The summed E-state index contributed by atoms with van der Waals surface area (Å²) in [6.07, 6.45) is 2.81. The van der Waals surface area contributed by atoms with E-state index in [-0.39, 0.29) is 23.2 Å². The van der Waals surface area contributed by atoms with Crippen molar-refractivity contribution in [2.45, 2.75) is 5.92 Å². The van der Waals surface area contributed by atoms with Crippen molar-refractivity contribution in [3.8, 4) is 11.6 Å². The Bertz CT molecular complexity index is 1180. The molecule has 1 aliphatic heterocycles. The van der Waals surface area contributed by atoms with Crippen LogP contribution in [0.3, 0.4) is 0 Å². The average molecular weight is 508 g/mol. The normalized spacial score (nSPS) is 15.3. The molecule has 2 aromatic rings. The van der Waals surface area contributed by atoms with E-state index in [1.807, 2.05) is 4.90 Å². The van der Waals surface area contributed by atoms with Crippen molar-refractivity contribution in [2.24, 2.45) is 0 Å². The van der Waals surface area contributed by atoms with Crippen LogP contribution in [0.5, 0.6) is 11.6 Å². The van der Waals surface area contributed by atoms with Crippen LogP contribution in [0.15, 0.2) is 30.6 Å². The van der Waals surface area contributed by atoms with Crippen molar-refractivity contribution in [1.82, 2.24) is 14.9 Å². The lowest BCUT2D eigenvalue weighted by Crippen LogP contribution is -2.48. The molecular formula is C21H25N5O8S. The van der Waals surface area contributed by atoms with Gasteiger partial charge in [0.15, 0.2) is 0 Å². The third kappa shape index (κ3) is 6.70. The van der Waals surface area contributed by atoms with Crippen molar-refractivity contribution in [3.63, 3.8) is 0 Å². The largest absolute Gasteiger partial charge is 0.468 e. The SMILES string of the molecule is COC(=O)C(C=O)c1ccc(Oc2ncnc(N3CCN(CCS(C)(=O)=O)CC3)c2[N+](=O)[O-])cc1. The predicted octanol–water partition coefficient (Wildman–Crippen LogP) is 0.799. The van der Waals surface area contributed by atoms with Crippen LogP contribution in [-0.2, 0) is 24.2 Å². The fraction of sp³-hybridized carbons (Fsp3) is 0.429. The molecule has 0 saturated carbocycles. The van der Waals surface area contributed by atoms with Crippen LogP contribution in [-0.4, -0.2) is 92.3 Å². The van der Waals surface area contributed by atoms with Gasteiger partial charge < -0.3 is 19.2 Å². The van der Waals surface area contributed by atoms with Gasteiger partial charge in [0.05, 0.1) is 17.8 Å². The molecular weight excluding hydrogens is 482 g/mol. The van der Waals surface area contributed by atoms with E-state index in [0.29, 0.717) is 44.6 Å². The van der Waals surface area contributed by atoms with Crippen LogP contribution >= 0.6 is 0 Å². The number of benzene rings is 1. The topological polar surface area (TPSA) is 162 Å². The van der Waals surface area contributed by atoms with Crippen LogP contribution < -0.4 is 9.64 Å². The number of carbonyl (C=O) groups excluding carboxylic acids is 2. The molecule has 1 aliphatic rings. The maximum absolute atomic E-state index is 11.9. The van der Waals surface area contributed by atoms with Gasteiger partial charge >= 0.3 is 17.5 Å². The lowest BCUT2D eigenvalue weighted by atomic mass is 10.0. The number of piperazine rings is 1. The molecule has 35 heavy (non-hydrogen) atoms. The number of sulfone groups is 1.